The molecule has 1 heterocycles. The average Bonchev–Trinajstić information content (AvgIpc) is 3.22. The van der Waals surface area contributed by atoms with E-state index in [9.17, 15) is 0 Å². The average molecular weight is 683 g/mol. The normalized spacial score (nSPS) is 14.0. The van der Waals surface area contributed by atoms with Gasteiger partial charge in [0.2, 0.25) is 0 Å². The molecule has 0 aromatic heterocycles. The highest BCUT2D eigenvalue weighted by atomic mass is 15.2. The van der Waals surface area contributed by atoms with Crippen molar-refractivity contribution in [1.29, 1.82) is 0 Å². The van der Waals surface area contributed by atoms with Crippen molar-refractivity contribution in [1.82, 2.24) is 0 Å². The summed E-state index contributed by atoms with van der Waals surface area (Å²) in [6, 6.07) is 61.7. The van der Waals surface area contributed by atoms with Crippen molar-refractivity contribution in [3.8, 4) is 22.3 Å². The fourth-order valence-electron chi connectivity index (χ4n) is 8.02. The molecule has 0 saturated carbocycles. The molecule has 2 nitrogen and oxygen atoms in total. The van der Waals surface area contributed by atoms with Crippen molar-refractivity contribution in [2.24, 2.45) is 0 Å². The summed E-state index contributed by atoms with van der Waals surface area (Å²) >= 11 is 0. The topological polar surface area (TPSA) is 6.48 Å². The summed E-state index contributed by atoms with van der Waals surface area (Å²) in [6.45, 7) is 4.73. The van der Waals surface area contributed by atoms with Gasteiger partial charge in [-0.05, 0) is 124 Å². The largest absolute Gasteiger partial charge is 0.317 e. The van der Waals surface area contributed by atoms with Gasteiger partial charge < -0.3 is 9.80 Å². The molecule has 2 aliphatic rings. The number of allylic oxidation sites excluding steroid dienone is 1. The Labute approximate surface area is 313 Å². The number of para-hydroxylation sites is 3. The molecule has 0 amide bonds. The summed E-state index contributed by atoms with van der Waals surface area (Å²) in [5, 5.41) is 0. The number of aryl methyl sites for hydroxylation is 1. The van der Waals surface area contributed by atoms with E-state index in [1.54, 1.807) is 0 Å². The van der Waals surface area contributed by atoms with E-state index in [2.05, 4.69) is 218 Å². The number of fused-ring (bicyclic) bond motifs is 3. The third kappa shape index (κ3) is 6.17. The summed E-state index contributed by atoms with van der Waals surface area (Å²) in [4.78, 5) is 4.68. The Morgan fingerprint density at radius 1 is 0.547 bits per heavy atom. The minimum absolute atomic E-state index is 0.151. The van der Waals surface area contributed by atoms with Crippen LogP contribution in [-0.4, -0.2) is 0 Å². The van der Waals surface area contributed by atoms with Gasteiger partial charge in [0, 0.05) is 28.7 Å². The monoisotopic (exact) mass is 682 g/mol. The van der Waals surface area contributed by atoms with Gasteiger partial charge in [-0.1, -0.05) is 141 Å². The van der Waals surface area contributed by atoms with Gasteiger partial charge in [0.25, 0.3) is 0 Å². The van der Waals surface area contributed by atoms with Gasteiger partial charge in [-0.25, -0.2) is 0 Å². The van der Waals surface area contributed by atoms with Crippen LogP contribution in [0.1, 0.15) is 48.1 Å². The van der Waals surface area contributed by atoms with Crippen LogP contribution in [0.2, 0.25) is 0 Å². The summed E-state index contributed by atoms with van der Waals surface area (Å²) in [5.41, 5.74) is 17.3. The molecule has 0 radical (unpaired) electrons. The predicted molar refractivity (Wildman–Crippen MR) is 226 cm³/mol. The van der Waals surface area contributed by atoms with E-state index in [0.29, 0.717) is 0 Å². The maximum absolute atomic E-state index is 2.46. The van der Waals surface area contributed by atoms with Gasteiger partial charge in [-0.3, -0.25) is 0 Å². The predicted octanol–water partition coefficient (Wildman–Crippen LogP) is 13.9. The molecule has 0 saturated heterocycles. The molecule has 53 heavy (non-hydrogen) atoms. The fraction of sp³-hybridized carbons (Fsp3) is 0.0980. The zero-order chi connectivity index (χ0) is 35.8. The molecule has 1 aliphatic carbocycles. The lowest BCUT2D eigenvalue weighted by Crippen LogP contribution is -2.30. The van der Waals surface area contributed by atoms with E-state index in [4.69, 9.17) is 0 Å². The zero-order valence-corrected chi connectivity index (χ0v) is 30.3. The van der Waals surface area contributed by atoms with Gasteiger partial charge >= 0.3 is 0 Å². The van der Waals surface area contributed by atoms with Crippen molar-refractivity contribution in [2.75, 3.05) is 9.80 Å². The van der Waals surface area contributed by atoms with E-state index in [1.165, 1.54) is 61.6 Å². The minimum Gasteiger partial charge on any atom is -0.317 e. The first kappa shape index (κ1) is 32.5. The van der Waals surface area contributed by atoms with Crippen molar-refractivity contribution < 1.29 is 0 Å². The molecule has 256 valence electrons. The lowest BCUT2D eigenvalue weighted by Gasteiger charge is -2.42. The first-order valence-electron chi connectivity index (χ1n) is 18.6. The third-order valence-electron chi connectivity index (χ3n) is 10.9. The molecule has 2 heteroatoms. The Morgan fingerprint density at radius 3 is 1.83 bits per heavy atom. The molecule has 1 aliphatic heterocycles. The molecule has 0 fully saturated rings. The molecule has 0 unspecified atom stereocenters. The van der Waals surface area contributed by atoms with E-state index in [-0.39, 0.29) is 5.41 Å². The lowest BCUT2D eigenvalue weighted by molar-refractivity contribution is 0.632. The number of hydrogen-bond acceptors (Lipinski definition) is 2. The highest BCUT2D eigenvalue weighted by Gasteiger charge is 2.37. The number of nitrogens with zero attached hydrogens (tertiary/aromatic N) is 2. The van der Waals surface area contributed by atoms with Crippen LogP contribution < -0.4 is 9.80 Å². The lowest BCUT2D eigenvalue weighted by atomic mass is 9.73. The van der Waals surface area contributed by atoms with Crippen molar-refractivity contribution in [3.05, 3.63) is 210 Å². The molecular weight excluding hydrogens is 641 g/mol. The number of benzene rings is 7. The molecular formula is C51H42N2. The Hall–Kier alpha value is -6.38. The number of hydrogen-bond donors (Lipinski definition) is 0. The Morgan fingerprint density at radius 2 is 1.13 bits per heavy atom. The van der Waals surface area contributed by atoms with E-state index >= 15 is 0 Å². The molecule has 0 spiro atoms. The molecule has 0 N–H and O–H groups in total. The van der Waals surface area contributed by atoms with Gasteiger partial charge in [-0.2, -0.15) is 0 Å². The van der Waals surface area contributed by atoms with Crippen molar-refractivity contribution in [2.45, 2.75) is 32.1 Å². The van der Waals surface area contributed by atoms with Gasteiger partial charge in [0.1, 0.15) is 0 Å². The van der Waals surface area contributed by atoms with Crippen LogP contribution in [-0.2, 0) is 11.8 Å². The third-order valence-corrected chi connectivity index (χ3v) is 10.9. The van der Waals surface area contributed by atoms with E-state index in [0.717, 1.165) is 29.8 Å². The van der Waals surface area contributed by atoms with Crippen LogP contribution in [0.4, 0.5) is 28.4 Å². The Kier molecular flexibility index (Phi) is 8.37. The Bertz CT molecular complexity index is 2420. The molecule has 7 aromatic carbocycles. The minimum atomic E-state index is -0.151. The van der Waals surface area contributed by atoms with Crippen molar-refractivity contribution in [3.63, 3.8) is 0 Å². The van der Waals surface area contributed by atoms with Crippen LogP contribution in [0.25, 0.3) is 34.4 Å². The first-order valence-corrected chi connectivity index (χ1v) is 18.6. The van der Waals surface area contributed by atoms with Crippen molar-refractivity contribution >= 4 is 40.6 Å². The second kappa shape index (κ2) is 13.6. The van der Waals surface area contributed by atoms with Crippen LogP contribution in [0.5, 0.6) is 0 Å². The molecule has 9 rings (SSSR count). The summed E-state index contributed by atoms with van der Waals surface area (Å²) < 4.78 is 0. The highest BCUT2D eigenvalue weighted by molar-refractivity contribution is 5.88. The van der Waals surface area contributed by atoms with Gasteiger partial charge in [0.05, 0.1) is 11.4 Å². The maximum Gasteiger partial charge on any atom is 0.0503 e. The Balaban J connectivity index is 0.991. The second-order valence-electron chi connectivity index (χ2n) is 14.6. The van der Waals surface area contributed by atoms with E-state index in [1.807, 2.05) is 0 Å². The number of anilines is 5. The van der Waals surface area contributed by atoms with Crippen LogP contribution in [0.15, 0.2) is 182 Å². The van der Waals surface area contributed by atoms with Gasteiger partial charge in [0.15, 0.2) is 0 Å². The van der Waals surface area contributed by atoms with E-state index < -0.39 is 0 Å². The van der Waals surface area contributed by atoms with Gasteiger partial charge in [-0.15, -0.1) is 0 Å². The second-order valence-corrected chi connectivity index (χ2v) is 14.6. The SMILES string of the molecule is CC1(C)c2ccccc2N(c2ccc3c(c2)C=CCC3)c2ccc(-c3ccc(-c4ccc(/C=C/N(c5ccccc5)c5ccccc5)cc4)cc3)cc21. The summed E-state index contributed by atoms with van der Waals surface area (Å²) in [7, 11) is 0. The highest BCUT2D eigenvalue weighted by Crippen LogP contribution is 2.52. The zero-order valence-electron chi connectivity index (χ0n) is 30.3. The van der Waals surface area contributed by atoms with Crippen LogP contribution in [0.3, 0.4) is 0 Å². The standard InChI is InChI=1S/C51H42N2/c1-51(2)47-19-11-12-20-49(47)53(46-31-29-38-13-9-10-14-42(38)35-46)50-32-30-43(36-48(50)51)41-27-25-40(26-28-41)39-23-21-37(22-24-39)33-34-52(44-15-5-3-6-16-44)45-17-7-4-8-18-45/h3-8,10-12,14-36H,9,13H2,1-2H3/b34-33+. The molecule has 0 atom stereocenters. The molecule has 0 bridgehead atoms. The smallest absolute Gasteiger partial charge is 0.0503 e. The summed E-state index contributed by atoms with van der Waals surface area (Å²) in [6.07, 6.45) is 11.1. The number of rotatable bonds is 7. The fourth-order valence-corrected chi connectivity index (χ4v) is 8.02. The maximum atomic E-state index is 2.46. The first-order chi connectivity index (χ1) is 26.0. The van der Waals surface area contributed by atoms with Crippen LogP contribution in [0, 0.1) is 0 Å². The molecule has 7 aromatic rings. The quantitative estimate of drug-likeness (QED) is 0.165. The summed E-state index contributed by atoms with van der Waals surface area (Å²) in [5.74, 6) is 0. The van der Waals surface area contributed by atoms with Crippen LogP contribution >= 0.6 is 0 Å².